The van der Waals surface area contributed by atoms with Gasteiger partial charge in [0.15, 0.2) is 6.04 Å². The molecule has 1 unspecified atom stereocenters. The van der Waals surface area contributed by atoms with Crippen LogP contribution >= 0.6 is 23.1 Å². The van der Waals surface area contributed by atoms with Gasteiger partial charge < -0.3 is 10.0 Å². The molecule has 0 amide bonds. The number of aromatic nitrogens is 2. The average Bonchev–Trinajstić information content (AvgIpc) is 2.94. The second-order valence-corrected chi connectivity index (χ2v) is 6.23. The van der Waals surface area contributed by atoms with Crippen molar-refractivity contribution < 1.29 is 9.90 Å². The number of carbonyl (C=O) groups is 1. The molecule has 0 spiro atoms. The standard InChI is InChI=1S/C13H13N3O2S2/c1-19-11-6-10(14-7-15-11)16-4-2-9-8(3-5-20-9)12(16)13(17)18/h3,5-7,12H,2,4H2,1H3,(H,17,18). The van der Waals surface area contributed by atoms with Crippen LogP contribution in [0.5, 0.6) is 0 Å². The van der Waals surface area contributed by atoms with Gasteiger partial charge in [-0.2, -0.15) is 0 Å². The molecule has 7 heteroatoms. The van der Waals surface area contributed by atoms with Crippen molar-refractivity contribution in [2.24, 2.45) is 0 Å². The fourth-order valence-corrected chi connectivity index (χ4v) is 3.71. The molecule has 0 radical (unpaired) electrons. The zero-order chi connectivity index (χ0) is 14.1. The fourth-order valence-electron chi connectivity index (χ4n) is 2.43. The third kappa shape index (κ3) is 2.27. The number of anilines is 1. The highest BCUT2D eigenvalue weighted by atomic mass is 32.2. The van der Waals surface area contributed by atoms with Gasteiger partial charge in [-0.15, -0.1) is 23.1 Å². The van der Waals surface area contributed by atoms with Gasteiger partial charge in [0.25, 0.3) is 0 Å². The summed E-state index contributed by atoms with van der Waals surface area (Å²) in [6, 6.07) is 3.09. The molecular formula is C13H13N3O2S2. The number of carboxylic acids is 1. The molecule has 0 fully saturated rings. The van der Waals surface area contributed by atoms with Crippen LogP contribution in [0.3, 0.4) is 0 Å². The van der Waals surface area contributed by atoms with Crippen LogP contribution in [0.4, 0.5) is 5.82 Å². The summed E-state index contributed by atoms with van der Waals surface area (Å²) in [6.07, 6.45) is 4.28. The first-order valence-corrected chi connectivity index (χ1v) is 8.23. The minimum Gasteiger partial charge on any atom is -0.479 e. The maximum Gasteiger partial charge on any atom is 0.331 e. The van der Waals surface area contributed by atoms with Crippen LogP contribution in [0.1, 0.15) is 16.5 Å². The van der Waals surface area contributed by atoms with Crippen molar-refractivity contribution in [2.75, 3.05) is 17.7 Å². The average molecular weight is 307 g/mol. The summed E-state index contributed by atoms with van der Waals surface area (Å²) in [4.78, 5) is 23.1. The first kappa shape index (κ1) is 13.4. The Morgan fingerprint density at radius 1 is 1.55 bits per heavy atom. The van der Waals surface area contributed by atoms with Crippen LogP contribution < -0.4 is 4.90 Å². The van der Waals surface area contributed by atoms with E-state index in [-0.39, 0.29) is 0 Å². The van der Waals surface area contributed by atoms with Gasteiger partial charge in [0.1, 0.15) is 17.2 Å². The van der Waals surface area contributed by atoms with Gasteiger partial charge in [0, 0.05) is 17.5 Å². The predicted octanol–water partition coefficient (Wildman–Crippen LogP) is 2.45. The molecule has 0 bridgehead atoms. The van der Waals surface area contributed by atoms with Crippen molar-refractivity contribution >= 4 is 34.9 Å². The summed E-state index contributed by atoms with van der Waals surface area (Å²) in [5, 5.41) is 12.4. The first-order valence-electron chi connectivity index (χ1n) is 6.12. The van der Waals surface area contributed by atoms with Crippen LogP contribution in [0.15, 0.2) is 28.9 Å². The van der Waals surface area contributed by atoms with Crippen molar-refractivity contribution in [3.63, 3.8) is 0 Å². The summed E-state index contributed by atoms with van der Waals surface area (Å²) in [5.41, 5.74) is 0.887. The third-order valence-corrected chi connectivity index (χ3v) is 4.97. The highest BCUT2D eigenvalue weighted by Gasteiger charge is 2.34. The topological polar surface area (TPSA) is 66.3 Å². The van der Waals surface area contributed by atoms with Gasteiger partial charge in [-0.25, -0.2) is 14.8 Å². The quantitative estimate of drug-likeness (QED) is 0.694. The highest BCUT2D eigenvalue weighted by molar-refractivity contribution is 7.98. The summed E-state index contributed by atoms with van der Waals surface area (Å²) in [7, 11) is 0. The maximum absolute atomic E-state index is 11.7. The van der Waals surface area contributed by atoms with E-state index >= 15 is 0 Å². The second kappa shape index (κ2) is 5.41. The number of hydrogen-bond donors (Lipinski definition) is 1. The molecule has 104 valence electrons. The fraction of sp³-hybridized carbons (Fsp3) is 0.308. The molecule has 1 aliphatic heterocycles. The lowest BCUT2D eigenvalue weighted by Crippen LogP contribution is -2.39. The van der Waals surface area contributed by atoms with E-state index in [0.29, 0.717) is 12.4 Å². The van der Waals surface area contributed by atoms with Gasteiger partial charge in [-0.05, 0) is 29.7 Å². The van der Waals surface area contributed by atoms with Crippen LogP contribution in [0.2, 0.25) is 0 Å². The lowest BCUT2D eigenvalue weighted by atomic mass is 10.00. The number of hydrogen-bond acceptors (Lipinski definition) is 6. The molecule has 2 aromatic rings. The molecule has 3 rings (SSSR count). The highest BCUT2D eigenvalue weighted by Crippen LogP contribution is 2.36. The Kier molecular flexibility index (Phi) is 3.62. The molecule has 20 heavy (non-hydrogen) atoms. The molecule has 2 aromatic heterocycles. The van der Waals surface area contributed by atoms with Crippen molar-refractivity contribution in [1.29, 1.82) is 0 Å². The molecule has 0 aliphatic carbocycles. The Hall–Kier alpha value is -1.60. The number of aliphatic carboxylic acids is 1. The van der Waals surface area contributed by atoms with Crippen molar-refractivity contribution in [2.45, 2.75) is 17.5 Å². The van der Waals surface area contributed by atoms with E-state index in [1.54, 1.807) is 11.3 Å². The van der Waals surface area contributed by atoms with Crippen LogP contribution in [-0.4, -0.2) is 33.8 Å². The molecule has 0 saturated heterocycles. The normalized spacial score (nSPS) is 17.9. The van der Waals surface area contributed by atoms with Gasteiger partial charge in [0.2, 0.25) is 0 Å². The van der Waals surface area contributed by atoms with Gasteiger partial charge in [-0.1, -0.05) is 0 Å². The maximum atomic E-state index is 11.7. The minimum absolute atomic E-state index is 0.658. The van der Waals surface area contributed by atoms with Gasteiger partial charge in [-0.3, -0.25) is 0 Å². The largest absolute Gasteiger partial charge is 0.479 e. The van der Waals surface area contributed by atoms with E-state index in [9.17, 15) is 9.90 Å². The Morgan fingerprint density at radius 2 is 2.40 bits per heavy atom. The summed E-state index contributed by atoms with van der Waals surface area (Å²) < 4.78 is 0. The van der Waals surface area contributed by atoms with Crippen LogP contribution in [0.25, 0.3) is 0 Å². The smallest absolute Gasteiger partial charge is 0.331 e. The monoisotopic (exact) mass is 307 g/mol. The van der Waals surface area contributed by atoms with E-state index in [4.69, 9.17) is 0 Å². The number of fused-ring (bicyclic) bond motifs is 1. The van der Waals surface area contributed by atoms with E-state index in [2.05, 4.69) is 9.97 Å². The lowest BCUT2D eigenvalue weighted by molar-refractivity contribution is -0.138. The Labute approximate surface area is 124 Å². The van der Waals surface area contributed by atoms with Crippen molar-refractivity contribution in [1.82, 2.24) is 9.97 Å². The number of thioether (sulfide) groups is 1. The summed E-state index contributed by atoms with van der Waals surface area (Å²) >= 11 is 3.15. The number of carboxylic acid groups (broad SMARTS) is 1. The summed E-state index contributed by atoms with van der Waals surface area (Å²) in [6.45, 7) is 0.662. The molecular weight excluding hydrogens is 294 g/mol. The number of thiophene rings is 1. The molecule has 1 aliphatic rings. The molecule has 1 atom stereocenters. The lowest BCUT2D eigenvalue weighted by Gasteiger charge is -2.34. The molecule has 0 saturated carbocycles. The zero-order valence-electron chi connectivity index (χ0n) is 10.8. The minimum atomic E-state index is -0.839. The molecule has 3 heterocycles. The van der Waals surface area contributed by atoms with Crippen molar-refractivity contribution in [3.05, 3.63) is 34.3 Å². The van der Waals surface area contributed by atoms with Crippen molar-refractivity contribution in [3.8, 4) is 0 Å². The number of nitrogens with zero attached hydrogens (tertiary/aromatic N) is 3. The van der Waals surface area contributed by atoms with E-state index in [1.807, 2.05) is 28.7 Å². The van der Waals surface area contributed by atoms with E-state index in [0.717, 1.165) is 21.9 Å². The predicted molar refractivity (Wildman–Crippen MR) is 79.6 cm³/mol. The van der Waals surface area contributed by atoms with Gasteiger partial charge in [0.05, 0.1) is 0 Å². The third-order valence-electron chi connectivity index (χ3n) is 3.33. The first-order chi connectivity index (χ1) is 9.70. The molecule has 0 aromatic carbocycles. The molecule has 1 N–H and O–H groups in total. The molecule has 5 nitrogen and oxygen atoms in total. The number of rotatable bonds is 3. The second-order valence-electron chi connectivity index (χ2n) is 4.40. The zero-order valence-corrected chi connectivity index (χ0v) is 12.4. The van der Waals surface area contributed by atoms with E-state index in [1.165, 1.54) is 18.1 Å². The Morgan fingerprint density at radius 3 is 3.15 bits per heavy atom. The Bertz CT molecular complexity index is 644. The Balaban J connectivity index is 2.02. The van der Waals surface area contributed by atoms with Crippen LogP contribution in [0, 0.1) is 0 Å². The van der Waals surface area contributed by atoms with E-state index < -0.39 is 12.0 Å². The SMILES string of the molecule is CSc1cc(N2CCc3sccc3C2C(=O)O)ncn1. The van der Waals surface area contributed by atoms with Crippen LogP contribution in [-0.2, 0) is 11.2 Å². The van der Waals surface area contributed by atoms with Gasteiger partial charge >= 0.3 is 5.97 Å². The summed E-state index contributed by atoms with van der Waals surface area (Å²) in [5.74, 6) is -0.165.